The van der Waals surface area contributed by atoms with Crippen LogP contribution in [0.5, 0.6) is 0 Å². The lowest BCUT2D eigenvalue weighted by atomic mass is 10.2. The number of alkyl carbamates (subject to hydrolysis) is 1. The second kappa shape index (κ2) is 12.7. The summed E-state index contributed by atoms with van der Waals surface area (Å²) in [5.41, 5.74) is -0.629. The van der Waals surface area contributed by atoms with Gasteiger partial charge in [0.25, 0.3) is 0 Å². The van der Waals surface area contributed by atoms with Crippen molar-refractivity contribution in [1.29, 1.82) is 0 Å². The Morgan fingerprint density at radius 2 is 1.88 bits per heavy atom. The molecule has 0 rings (SSSR count). The number of carbonyl (C=O) groups is 4. The molecular formula is C17H28N2O7. The molecule has 9 nitrogen and oxygen atoms in total. The van der Waals surface area contributed by atoms with Crippen molar-refractivity contribution in [1.82, 2.24) is 10.6 Å². The minimum absolute atomic E-state index is 0.0125. The zero-order valence-electron chi connectivity index (χ0n) is 15.5. The van der Waals surface area contributed by atoms with Crippen LogP contribution in [0, 0.1) is 0 Å². The van der Waals surface area contributed by atoms with Gasteiger partial charge in [-0.25, -0.2) is 9.59 Å². The second-order valence-corrected chi connectivity index (χ2v) is 6.30. The highest BCUT2D eigenvalue weighted by Gasteiger charge is 2.21. The summed E-state index contributed by atoms with van der Waals surface area (Å²) in [6, 6.07) is -0.907. The molecular weight excluding hydrogens is 344 g/mol. The SMILES string of the molecule is C=CCOC(=O)CCCOC(=O)C(CCNC(=O)OC(C)(C)C)NC=O. The molecule has 2 amide bonds. The Morgan fingerprint density at radius 3 is 2.46 bits per heavy atom. The first-order chi connectivity index (χ1) is 12.2. The topological polar surface area (TPSA) is 120 Å². The van der Waals surface area contributed by atoms with E-state index in [1.807, 2.05) is 0 Å². The molecule has 0 bridgehead atoms. The van der Waals surface area contributed by atoms with Crippen LogP contribution in [0.4, 0.5) is 4.79 Å². The molecule has 1 unspecified atom stereocenters. The average Bonchev–Trinajstić information content (AvgIpc) is 2.54. The predicted molar refractivity (Wildman–Crippen MR) is 93.2 cm³/mol. The van der Waals surface area contributed by atoms with Gasteiger partial charge < -0.3 is 24.8 Å². The molecule has 0 aliphatic rings. The molecule has 0 aromatic rings. The molecule has 0 aliphatic carbocycles. The van der Waals surface area contributed by atoms with Crippen LogP contribution in [0.25, 0.3) is 0 Å². The number of nitrogens with one attached hydrogen (secondary N) is 2. The third-order valence-corrected chi connectivity index (χ3v) is 2.79. The van der Waals surface area contributed by atoms with E-state index in [4.69, 9.17) is 14.2 Å². The Bertz CT molecular complexity index is 486. The Hall–Kier alpha value is -2.58. The van der Waals surface area contributed by atoms with Gasteiger partial charge in [-0.15, -0.1) is 0 Å². The molecule has 26 heavy (non-hydrogen) atoms. The van der Waals surface area contributed by atoms with Crippen molar-refractivity contribution in [3.8, 4) is 0 Å². The monoisotopic (exact) mass is 372 g/mol. The highest BCUT2D eigenvalue weighted by Crippen LogP contribution is 2.06. The number of hydrogen-bond donors (Lipinski definition) is 2. The average molecular weight is 372 g/mol. The maximum absolute atomic E-state index is 11.9. The van der Waals surface area contributed by atoms with E-state index in [0.717, 1.165) is 0 Å². The van der Waals surface area contributed by atoms with Crippen LogP contribution in [-0.2, 0) is 28.6 Å². The second-order valence-electron chi connectivity index (χ2n) is 6.30. The van der Waals surface area contributed by atoms with E-state index >= 15 is 0 Å². The first-order valence-electron chi connectivity index (χ1n) is 8.29. The summed E-state index contributed by atoms with van der Waals surface area (Å²) in [6.07, 6.45) is 1.76. The molecule has 0 aromatic carbocycles. The summed E-state index contributed by atoms with van der Waals surface area (Å²) in [6.45, 7) is 8.88. The van der Waals surface area contributed by atoms with Crippen LogP contribution < -0.4 is 10.6 Å². The molecule has 0 fully saturated rings. The number of ether oxygens (including phenoxy) is 3. The van der Waals surface area contributed by atoms with Crippen molar-refractivity contribution >= 4 is 24.4 Å². The van der Waals surface area contributed by atoms with Gasteiger partial charge in [-0.3, -0.25) is 9.59 Å². The Balaban J connectivity index is 4.13. The van der Waals surface area contributed by atoms with Gasteiger partial charge in [0.15, 0.2) is 0 Å². The van der Waals surface area contributed by atoms with E-state index in [9.17, 15) is 19.2 Å². The van der Waals surface area contributed by atoms with Crippen LogP contribution in [0.15, 0.2) is 12.7 Å². The highest BCUT2D eigenvalue weighted by molar-refractivity contribution is 5.78. The molecule has 0 saturated carbocycles. The van der Waals surface area contributed by atoms with Gasteiger partial charge >= 0.3 is 18.0 Å². The van der Waals surface area contributed by atoms with Gasteiger partial charge in [-0.1, -0.05) is 12.7 Å². The van der Waals surface area contributed by atoms with Gasteiger partial charge in [-0.2, -0.15) is 0 Å². The lowest BCUT2D eigenvalue weighted by Crippen LogP contribution is -2.41. The van der Waals surface area contributed by atoms with E-state index < -0.39 is 29.7 Å². The van der Waals surface area contributed by atoms with E-state index in [2.05, 4.69) is 17.2 Å². The zero-order valence-corrected chi connectivity index (χ0v) is 15.5. The van der Waals surface area contributed by atoms with Crippen molar-refractivity contribution in [3.05, 3.63) is 12.7 Å². The maximum Gasteiger partial charge on any atom is 0.407 e. The van der Waals surface area contributed by atoms with E-state index in [1.54, 1.807) is 20.8 Å². The van der Waals surface area contributed by atoms with Crippen LogP contribution >= 0.6 is 0 Å². The fourth-order valence-electron chi connectivity index (χ4n) is 1.70. The molecule has 148 valence electrons. The Morgan fingerprint density at radius 1 is 1.19 bits per heavy atom. The number of rotatable bonds is 12. The van der Waals surface area contributed by atoms with Crippen molar-refractivity contribution in [2.24, 2.45) is 0 Å². The summed E-state index contributed by atoms with van der Waals surface area (Å²) in [4.78, 5) is 45.4. The van der Waals surface area contributed by atoms with Gasteiger partial charge in [0.1, 0.15) is 18.2 Å². The van der Waals surface area contributed by atoms with Crippen LogP contribution in [-0.4, -0.2) is 55.8 Å². The smallest absolute Gasteiger partial charge is 0.407 e. The summed E-state index contributed by atoms with van der Waals surface area (Å²) in [7, 11) is 0. The third-order valence-electron chi connectivity index (χ3n) is 2.79. The molecule has 9 heteroatoms. The van der Waals surface area contributed by atoms with Gasteiger partial charge in [0.05, 0.1) is 6.61 Å². The minimum Gasteiger partial charge on any atom is -0.464 e. The molecule has 1 atom stereocenters. The third kappa shape index (κ3) is 12.8. The predicted octanol–water partition coefficient (Wildman–Crippen LogP) is 1.07. The number of carbonyl (C=O) groups excluding carboxylic acids is 4. The normalized spacial score (nSPS) is 11.7. The molecule has 0 spiro atoms. The fraction of sp³-hybridized carbons (Fsp3) is 0.647. The highest BCUT2D eigenvalue weighted by atomic mass is 16.6. The quantitative estimate of drug-likeness (QED) is 0.173. The van der Waals surface area contributed by atoms with Crippen molar-refractivity contribution in [2.75, 3.05) is 19.8 Å². The van der Waals surface area contributed by atoms with Crippen molar-refractivity contribution in [2.45, 2.75) is 51.7 Å². The number of hydrogen-bond acceptors (Lipinski definition) is 7. The summed E-state index contributed by atoms with van der Waals surface area (Å²) in [5, 5.41) is 4.82. The van der Waals surface area contributed by atoms with Gasteiger partial charge in [0, 0.05) is 13.0 Å². The van der Waals surface area contributed by atoms with E-state index in [1.165, 1.54) is 6.08 Å². The van der Waals surface area contributed by atoms with Crippen LogP contribution in [0.3, 0.4) is 0 Å². The van der Waals surface area contributed by atoms with Crippen molar-refractivity contribution in [3.63, 3.8) is 0 Å². The van der Waals surface area contributed by atoms with E-state index in [0.29, 0.717) is 12.8 Å². The van der Waals surface area contributed by atoms with Crippen LogP contribution in [0.1, 0.15) is 40.0 Å². The van der Waals surface area contributed by atoms with Gasteiger partial charge in [0.2, 0.25) is 6.41 Å². The largest absolute Gasteiger partial charge is 0.464 e. The minimum atomic E-state index is -0.907. The van der Waals surface area contributed by atoms with Crippen molar-refractivity contribution < 1.29 is 33.4 Å². The fourth-order valence-corrected chi connectivity index (χ4v) is 1.70. The number of esters is 2. The van der Waals surface area contributed by atoms with E-state index in [-0.39, 0.29) is 32.6 Å². The summed E-state index contributed by atoms with van der Waals surface area (Å²) in [5.74, 6) is -1.06. The standard InChI is InChI=1S/C17H28N2O7/c1-5-10-24-14(21)7-6-11-25-15(22)13(19-12-20)8-9-18-16(23)26-17(2,3)4/h5,12-13H,1,6-11H2,2-4H3,(H,18,23)(H,19,20). The van der Waals surface area contributed by atoms with Gasteiger partial charge in [-0.05, 0) is 33.6 Å². The summed E-state index contributed by atoms with van der Waals surface area (Å²) < 4.78 is 14.9. The molecule has 0 radical (unpaired) electrons. The molecule has 0 aromatic heterocycles. The Labute approximate surface area is 153 Å². The zero-order chi connectivity index (χ0) is 20.0. The first-order valence-corrected chi connectivity index (χ1v) is 8.29. The lowest BCUT2D eigenvalue weighted by molar-refractivity contribution is -0.149. The molecule has 0 saturated heterocycles. The Kier molecular flexibility index (Phi) is 11.5. The molecule has 2 N–H and O–H groups in total. The first kappa shape index (κ1) is 23.4. The molecule has 0 aliphatic heterocycles. The maximum atomic E-state index is 11.9. The molecule has 0 heterocycles. The number of amides is 2. The summed E-state index contributed by atoms with van der Waals surface area (Å²) >= 11 is 0. The van der Waals surface area contributed by atoms with Crippen LogP contribution in [0.2, 0.25) is 0 Å². The lowest BCUT2D eigenvalue weighted by Gasteiger charge is -2.20.